The van der Waals surface area contributed by atoms with Crippen molar-refractivity contribution in [1.82, 2.24) is 0 Å². The normalized spacial score (nSPS) is 22.4. The first-order valence-corrected chi connectivity index (χ1v) is 6.30. The van der Waals surface area contributed by atoms with Crippen LogP contribution in [0.1, 0.15) is 32.6 Å². The first-order valence-electron chi connectivity index (χ1n) is 5.42. The quantitative estimate of drug-likeness (QED) is 0.732. The minimum absolute atomic E-state index is 0.294. The molecule has 0 N–H and O–H groups in total. The monoisotopic (exact) mass is 236 g/mol. The SMILES string of the molecule is C=C(B1OC(C)(C)C(C)(C)O1)c1cccs1. The van der Waals surface area contributed by atoms with Crippen molar-refractivity contribution in [1.29, 1.82) is 0 Å². The van der Waals surface area contributed by atoms with Gasteiger partial charge in [0.05, 0.1) is 11.2 Å². The molecular formula is C12H17BO2S. The van der Waals surface area contributed by atoms with Gasteiger partial charge in [0.2, 0.25) is 0 Å². The fourth-order valence-corrected chi connectivity index (χ4v) is 2.27. The predicted molar refractivity (Wildman–Crippen MR) is 69.4 cm³/mol. The van der Waals surface area contributed by atoms with Gasteiger partial charge in [-0.15, -0.1) is 11.3 Å². The molecule has 2 heterocycles. The maximum Gasteiger partial charge on any atom is 0.495 e. The molecule has 0 saturated carbocycles. The molecule has 1 aliphatic rings. The van der Waals surface area contributed by atoms with Gasteiger partial charge in [0.25, 0.3) is 0 Å². The maximum absolute atomic E-state index is 5.93. The Morgan fingerprint density at radius 3 is 2.25 bits per heavy atom. The lowest BCUT2D eigenvalue weighted by atomic mass is 9.78. The lowest BCUT2D eigenvalue weighted by Crippen LogP contribution is -2.41. The van der Waals surface area contributed by atoms with Crippen molar-refractivity contribution in [3.8, 4) is 0 Å². The lowest BCUT2D eigenvalue weighted by molar-refractivity contribution is 0.00578. The van der Waals surface area contributed by atoms with E-state index in [1.54, 1.807) is 11.3 Å². The van der Waals surface area contributed by atoms with Gasteiger partial charge < -0.3 is 9.31 Å². The summed E-state index contributed by atoms with van der Waals surface area (Å²) in [7, 11) is -0.330. The van der Waals surface area contributed by atoms with E-state index in [1.165, 1.54) is 0 Å². The van der Waals surface area contributed by atoms with E-state index >= 15 is 0 Å². The molecular weight excluding hydrogens is 219 g/mol. The Balaban J connectivity index is 2.18. The third-order valence-electron chi connectivity index (χ3n) is 3.38. The fourth-order valence-electron chi connectivity index (χ4n) is 1.56. The zero-order valence-corrected chi connectivity index (χ0v) is 11.1. The lowest BCUT2D eigenvalue weighted by Gasteiger charge is -2.32. The zero-order chi connectivity index (χ0) is 12.0. The molecule has 0 amide bonds. The highest BCUT2D eigenvalue weighted by Gasteiger charge is 2.52. The number of rotatable bonds is 2. The molecule has 0 aromatic carbocycles. The highest BCUT2D eigenvalue weighted by atomic mass is 32.1. The van der Waals surface area contributed by atoms with Gasteiger partial charge in [-0.1, -0.05) is 12.6 Å². The van der Waals surface area contributed by atoms with Gasteiger partial charge in [0.15, 0.2) is 0 Å². The third-order valence-corrected chi connectivity index (χ3v) is 4.32. The summed E-state index contributed by atoms with van der Waals surface area (Å²) in [5.41, 5.74) is 0.323. The molecule has 16 heavy (non-hydrogen) atoms. The summed E-state index contributed by atoms with van der Waals surface area (Å²) in [5.74, 6) is 0. The summed E-state index contributed by atoms with van der Waals surface area (Å²) in [6, 6.07) is 4.05. The standard InChI is InChI=1S/C12H17BO2S/c1-9(10-7-6-8-16-10)13-14-11(2,3)12(4,5)15-13/h6-8H,1H2,2-5H3. The average molecular weight is 236 g/mol. The van der Waals surface area contributed by atoms with Gasteiger partial charge in [-0.05, 0) is 44.6 Å². The van der Waals surface area contributed by atoms with Crippen LogP contribution in [-0.2, 0) is 9.31 Å². The van der Waals surface area contributed by atoms with Gasteiger partial charge in [-0.3, -0.25) is 0 Å². The molecule has 0 unspecified atom stereocenters. The van der Waals surface area contributed by atoms with Gasteiger partial charge in [0.1, 0.15) is 0 Å². The molecule has 1 fully saturated rings. The minimum Gasteiger partial charge on any atom is -0.399 e. The Labute approximate surface area is 101 Å². The summed E-state index contributed by atoms with van der Waals surface area (Å²) in [5, 5.41) is 2.03. The van der Waals surface area contributed by atoms with Crippen LogP contribution in [0.4, 0.5) is 0 Å². The molecule has 1 aromatic rings. The minimum atomic E-state index is -0.330. The van der Waals surface area contributed by atoms with Crippen molar-refractivity contribution in [2.45, 2.75) is 38.9 Å². The van der Waals surface area contributed by atoms with Crippen molar-refractivity contribution in [2.75, 3.05) is 0 Å². The Hall–Kier alpha value is -0.575. The fraction of sp³-hybridized carbons (Fsp3) is 0.500. The molecule has 0 atom stereocenters. The second-order valence-corrected chi connectivity index (χ2v) is 6.04. The van der Waals surface area contributed by atoms with E-state index in [-0.39, 0.29) is 18.3 Å². The Kier molecular flexibility index (Phi) is 2.77. The number of hydrogen-bond acceptors (Lipinski definition) is 3. The summed E-state index contributed by atoms with van der Waals surface area (Å²) in [4.78, 5) is 1.12. The molecule has 4 heteroatoms. The van der Waals surface area contributed by atoms with Crippen LogP contribution in [0.15, 0.2) is 24.1 Å². The van der Waals surface area contributed by atoms with Gasteiger partial charge in [-0.25, -0.2) is 0 Å². The Morgan fingerprint density at radius 2 is 1.81 bits per heavy atom. The second kappa shape index (κ2) is 3.72. The smallest absolute Gasteiger partial charge is 0.399 e. The van der Waals surface area contributed by atoms with Crippen molar-refractivity contribution < 1.29 is 9.31 Å². The van der Waals surface area contributed by atoms with Crippen LogP contribution < -0.4 is 0 Å². The van der Waals surface area contributed by atoms with E-state index < -0.39 is 0 Å². The van der Waals surface area contributed by atoms with Crippen LogP contribution in [-0.4, -0.2) is 18.3 Å². The summed E-state index contributed by atoms with van der Waals surface area (Å²) in [6.45, 7) is 12.3. The molecule has 1 aromatic heterocycles. The highest BCUT2D eigenvalue weighted by Crippen LogP contribution is 2.40. The van der Waals surface area contributed by atoms with Crippen molar-refractivity contribution >= 4 is 23.9 Å². The van der Waals surface area contributed by atoms with E-state index in [1.807, 2.05) is 17.5 Å². The van der Waals surface area contributed by atoms with Crippen LogP contribution in [0.5, 0.6) is 0 Å². The van der Waals surface area contributed by atoms with E-state index in [9.17, 15) is 0 Å². The van der Waals surface area contributed by atoms with Crippen molar-refractivity contribution in [3.05, 3.63) is 29.0 Å². The topological polar surface area (TPSA) is 18.5 Å². The number of thiophene rings is 1. The molecule has 2 nitrogen and oxygen atoms in total. The van der Waals surface area contributed by atoms with Crippen LogP contribution >= 0.6 is 11.3 Å². The molecule has 0 spiro atoms. The van der Waals surface area contributed by atoms with Crippen molar-refractivity contribution in [2.24, 2.45) is 0 Å². The van der Waals surface area contributed by atoms with Crippen LogP contribution in [0.3, 0.4) is 0 Å². The summed E-state index contributed by atoms with van der Waals surface area (Å²) >= 11 is 1.66. The molecule has 0 bridgehead atoms. The van der Waals surface area contributed by atoms with Crippen LogP contribution in [0.2, 0.25) is 0 Å². The molecule has 1 aliphatic heterocycles. The first-order chi connectivity index (χ1) is 7.33. The maximum atomic E-state index is 5.93. The summed E-state index contributed by atoms with van der Waals surface area (Å²) < 4.78 is 11.9. The van der Waals surface area contributed by atoms with E-state index in [0.29, 0.717) is 0 Å². The molecule has 0 radical (unpaired) electrons. The van der Waals surface area contributed by atoms with E-state index in [2.05, 4.69) is 34.3 Å². The molecule has 86 valence electrons. The van der Waals surface area contributed by atoms with Crippen LogP contribution in [0.25, 0.3) is 5.47 Å². The highest BCUT2D eigenvalue weighted by molar-refractivity contribution is 7.12. The third kappa shape index (κ3) is 1.86. The van der Waals surface area contributed by atoms with Crippen LogP contribution in [0, 0.1) is 0 Å². The zero-order valence-electron chi connectivity index (χ0n) is 10.2. The predicted octanol–water partition coefficient (Wildman–Crippen LogP) is 3.39. The first kappa shape index (κ1) is 11.9. The Bertz CT molecular complexity index is 379. The van der Waals surface area contributed by atoms with E-state index in [4.69, 9.17) is 9.31 Å². The largest absolute Gasteiger partial charge is 0.495 e. The Morgan fingerprint density at radius 1 is 1.25 bits per heavy atom. The van der Waals surface area contributed by atoms with Crippen molar-refractivity contribution in [3.63, 3.8) is 0 Å². The van der Waals surface area contributed by atoms with Gasteiger partial charge in [0, 0.05) is 4.88 Å². The average Bonchev–Trinajstić information content (AvgIpc) is 2.72. The molecule has 1 saturated heterocycles. The number of hydrogen-bond donors (Lipinski definition) is 0. The van der Waals surface area contributed by atoms with Gasteiger partial charge in [-0.2, -0.15) is 0 Å². The molecule has 2 rings (SSSR count). The second-order valence-electron chi connectivity index (χ2n) is 5.09. The summed E-state index contributed by atoms with van der Waals surface area (Å²) in [6.07, 6.45) is 0. The molecule has 0 aliphatic carbocycles. The van der Waals surface area contributed by atoms with Gasteiger partial charge >= 0.3 is 7.12 Å². The van der Waals surface area contributed by atoms with E-state index in [0.717, 1.165) is 10.3 Å².